The standard InChI is InChI=1S/C23H25N3O3S/c1-16(27)26-13-14-29-19(15-26)21-18-5-3-4-6-20(18)30-22(21)23(28)25(2)12-9-17-7-10-24-11-8-17/h3-8,10-11,19H,9,12-15H2,1-2H3. The SMILES string of the molecule is CC(=O)N1CCOC(c2c(C(=O)N(C)CCc3ccncc3)sc3ccccc23)C1. The highest BCUT2D eigenvalue weighted by molar-refractivity contribution is 7.21. The number of thiophene rings is 1. The Labute approximate surface area is 180 Å². The van der Waals surface area contributed by atoms with Gasteiger partial charge in [0.15, 0.2) is 0 Å². The van der Waals surface area contributed by atoms with E-state index in [2.05, 4.69) is 4.98 Å². The maximum atomic E-state index is 13.4. The van der Waals surface area contributed by atoms with Crippen LogP contribution < -0.4 is 0 Å². The molecule has 0 aliphatic carbocycles. The van der Waals surface area contributed by atoms with Crippen LogP contribution in [0.15, 0.2) is 48.8 Å². The van der Waals surface area contributed by atoms with Crippen LogP contribution in [-0.2, 0) is 16.0 Å². The van der Waals surface area contributed by atoms with E-state index in [0.29, 0.717) is 31.1 Å². The van der Waals surface area contributed by atoms with Crippen molar-refractivity contribution in [3.8, 4) is 0 Å². The molecule has 1 atom stereocenters. The van der Waals surface area contributed by atoms with E-state index in [0.717, 1.165) is 27.6 Å². The number of ether oxygens (including phenoxy) is 1. The van der Waals surface area contributed by atoms with Gasteiger partial charge >= 0.3 is 0 Å². The number of hydrogen-bond acceptors (Lipinski definition) is 5. The minimum absolute atomic E-state index is 0.0104. The van der Waals surface area contributed by atoms with E-state index in [4.69, 9.17) is 4.74 Å². The summed E-state index contributed by atoms with van der Waals surface area (Å²) in [6, 6.07) is 12.0. The highest BCUT2D eigenvalue weighted by Gasteiger charge is 2.31. The average Bonchev–Trinajstić information content (AvgIpc) is 3.17. The predicted molar refractivity (Wildman–Crippen MR) is 118 cm³/mol. The third kappa shape index (κ3) is 4.22. The Morgan fingerprint density at radius 2 is 2.00 bits per heavy atom. The predicted octanol–water partition coefficient (Wildman–Crippen LogP) is 3.53. The molecule has 7 heteroatoms. The summed E-state index contributed by atoms with van der Waals surface area (Å²) in [6.45, 7) is 3.72. The molecular weight excluding hydrogens is 398 g/mol. The molecule has 1 fully saturated rings. The van der Waals surface area contributed by atoms with Crippen molar-refractivity contribution in [2.24, 2.45) is 0 Å². The van der Waals surface area contributed by atoms with Crippen LogP contribution in [0, 0.1) is 0 Å². The van der Waals surface area contributed by atoms with Gasteiger partial charge < -0.3 is 14.5 Å². The fourth-order valence-electron chi connectivity index (χ4n) is 3.78. The Kier molecular flexibility index (Phi) is 6.11. The summed E-state index contributed by atoms with van der Waals surface area (Å²) in [5.41, 5.74) is 2.05. The minimum Gasteiger partial charge on any atom is -0.370 e. The smallest absolute Gasteiger partial charge is 0.264 e. The lowest BCUT2D eigenvalue weighted by molar-refractivity contribution is -0.136. The molecular formula is C23H25N3O3S. The van der Waals surface area contributed by atoms with Crippen LogP contribution in [0.2, 0.25) is 0 Å². The maximum absolute atomic E-state index is 13.4. The van der Waals surface area contributed by atoms with Gasteiger partial charge in [0.2, 0.25) is 5.91 Å². The highest BCUT2D eigenvalue weighted by Crippen LogP contribution is 2.38. The highest BCUT2D eigenvalue weighted by atomic mass is 32.1. The molecule has 0 radical (unpaired) electrons. The molecule has 4 rings (SSSR count). The summed E-state index contributed by atoms with van der Waals surface area (Å²) in [4.78, 5) is 33.6. The molecule has 1 unspecified atom stereocenters. The third-order valence-corrected chi connectivity index (χ3v) is 6.67. The average molecular weight is 424 g/mol. The Morgan fingerprint density at radius 3 is 2.77 bits per heavy atom. The van der Waals surface area contributed by atoms with E-state index in [1.807, 2.05) is 43.4 Å². The zero-order chi connectivity index (χ0) is 21.1. The van der Waals surface area contributed by atoms with Gasteiger partial charge in [0.1, 0.15) is 6.10 Å². The topological polar surface area (TPSA) is 62.7 Å². The number of benzene rings is 1. The number of rotatable bonds is 5. The maximum Gasteiger partial charge on any atom is 0.264 e. The number of likely N-dealkylation sites (N-methyl/N-ethyl adjacent to an activating group) is 1. The molecule has 3 aromatic rings. The van der Waals surface area contributed by atoms with E-state index in [1.54, 1.807) is 29.1 Å². The Morgan fingerprint density at radius 1 is 1.23 bits per heavy atom. The number of pyridine rings is 1. The second-order valence-electron chi connectivity index (χ2n) is 7.50. The Bertz CT molecular complexity index is 1050. The number of amides is 2. The lowest BCUT2D eigenvalue weighted by Crippen LogP contribution is -2.41. The van der Waals surface area contributed by atoms with E-state index in [9.17, 15) is 9.59 Å². The van der Waals surface area contributed by atoms with Crippen LogP contribution >= 0.6 is 11.3 Å². The Balaban J connectivity index is 1.62. The van der Waals surface area contributed by atoms with Crippen LogP contribution in [0.5, 0.6) is 0 Å². The molecule has 0 spiro atoms. The Hall–Kier alpha value is -2.77. The molecule has 0 N–H and O–H groups in total. The molecule has 30 heavy (non-hydrogen) atoms. The third-order valence-electron chi connectivity index (χ3n) is 5.49. The summed E-state index contributed by atoms with van der Waals surface area (Å²) >= 11 is 1.50. The van der Waals surface area contributed by atoms with Crippen LogP contribution in [0.3, 0.4) is 0 Å². The van der Waals surface area contributed by atoms with E-state index in [-0.39, 0.29) is 17.9 Å². The molecule has 1 aromatic carbocycles. The molecule has 1 aliphatic rings. The van der Waals surface area contributed by atoms with Crippen LogP contribution in [0.25, 0.3) is 10.1 Å². The molecule has 156 valence electrons. The lowest BCUT2D eigenvalue weighted by atomic mass is 10.0. The molecule has 0 bridgehead atoms. The van der Waals surface area contributed by atoms with Crippen molar-refractivity contribution in [1.82, 2.24) is 14.8 Å². The molecule has 0 saturated carbocycles. The van der Waals surface area contributed by atoms with Crippen molar-refractivity contribution >= 4 is 33.2 Å². The van der Waals surface area contributed by atoms with Crippen LogP contribution in [0.1, 0.15) is 33.8 Å². The van der Waals surface area contributed by atoms with E-state index >= 15 is 0 Å². The minimum atomic E-state index is -0.300. The number of nitrogens with zero attached hydrogens (tertiary/aromatic N) is 3. The first kappa shape index (κ1) is 20.5. The van der Waals surface area contributed by atoms with Gasteiger partial charge in [-0.3, -0.25) is 14.6 Å². The first-order chi connectivity index (χ1) is 14.5. The number of hydrogen-bond donors (Lipinski definition) is 0. The summed E-state index contributed by atoms with van der Waals surface area (Å²) in [6.07, 6.45) is 4.00. The second-order valence-corrected chi connectivity index (χ2v) is 8.55. The quantitative estimate of drug-likeness (QED) is 0.630. The number of carbonyl (C=O) groups excluding carboxylic acids is 2. The first-order valence-electron chi connectivity index (χ1n) is 10.1. The number of carbonyl (C=O) groups is 2. The zero-order valence-corrected chi connectivity index (χ0v) is 18.0. The number of aromatic nitrogens is 1. The van der Waals surface area contributed by atoms with E-state index in [1.165, 1.54) is 11.3 Å². The summed E-state index contributed by atoms with van der Waals surface area (Å²) in [5, 5.41) is 1.03. The van der Waals surface area contributed by atoms with Crippen LogP contribution in [-0.4, -0.2) is 59.9 Å². The van der Waals surface area contributed by atoms with Gasteiger partial charge in [-0.25, -0.2) is 0 Å². The molecule has 6 nitrogen and oxygen atoms in total. The summed E-state index contributed by atoms with van der Waals surface area (Å²) < 4.78 is 7.10. The van der Waals surface area contributed by atoms with Crippen molar-refractivity contribution in [2.45, 2.75) is 19.4 Å². The lowest BCUT2D eigenvalue weighted by Gasteiger charge is -2.33. The fraction of sp³-hybridized carbons (Fsp3) is 0.348. The number of morpholine rings is 1. The van der Waals surface area contributed by atoms with Crippen molar-refractivity contribution in [1.29, 1.82) is 0 Å². The monoisotopic (exact) mass is 423 g/mol. The van der Waals surface area contributed by atoms with E-state index < -0.39 is 0 Å². The largest absolute Gasteiger partial charge is 0.370 e. The molecule has 1 aliphatic heterocycles. The van der Waals surface area contributed by atoms with Crippen molar-refractivity contribution in [2.75, 3.05) is 33.3 Å². The van der Waals surface area contributed by atoms with Gasteiger partial charge in [-0.15, -0.1) is 11.3 Å². The van der Waals surface area contributed by atoms with Gasteiger partial charge in [0, 0.05) is 49.7 Å². The summed E-state index contributed by atoms with van der Waals surface area (Å²) in [7, 11) is 1.83. The molecule has 2 amide bonds. The van der Waals surface area contributed by atoms with Crippen molar-refractivity contribution < 1.29 is 14.3 Å². The van der Waals surface area contributed by atoms with Gasteiger partial charge in [-0.05, 0) is 35.6 Å². The van der Waals surface area contributed by atoms with Crippen molar-refractivity contribution in [3.63, 3.8) is 0 Å². The normalized spacial score (nSPS) is 16.6. The fourth-order valence-corrected chi connectivity index (χ4v) is 5.02. The summed E-state index contributed by atoms with van der Waals surface area (Å²) in [5.74, 6) is 0.0222. The molecule has 1 saturated heterocycles. The number of fused-ring (bicyclic) bond motifs is 1. The van der Waals surface area contributed by atoms with Gasteiger partial charge in [0.05, 0.1) is 18.0 Å². The molecule has 2 aromatic heterocycles. The zero-order valence-electron chi connectivity index (χ0n) is 17.2. The first-order valence-corrected chi connectivity index (χ1v) is 10.9. The van der Waals surface area contributed by atoms with Crippen molar-refractivity contribution in [3.05, 3.63) is 64.8 Å². The molecule has 3 heterocycles. The van der Waals surface area contributed by atoms with Gasteiger partial charge in [-0.1, -0.05) is 18.2 Å². The van der Waals surface area contributed by atoms with Crippen LogP contribution in [0.4, 0.5) is 0 Å². The van der Waals surface area contributed by atoms with Gasteiger partial charge in [0.25, 0.3) is 5.91 Å². The van der Waals surface area contributed by atoms with Gasteiger partial charge in [-0.2, -0.15) is 0 Å². The second kappa shape index (κ2) is 8.93.